The van der Waals surface area contributed by atoms with Crippen molar-refractivity contribution in [3.05, 3.63) is 64.2 Å². The fraction of sp³-hybridized carbons (Fsp3) is 0.286. The minimum atomic E-state index is -0.434. The van der Waals surface area contributed by atoms with E-state index in [9.17, 15) is 9.59 Å². The smallest absolute Gasteiger partial charge is 0.340 e. The lowest BCUT2D eigenvalue weighted by Crippen LogP contribution is -2.16. The summed E-state index contributed by atoms with van der Waals surface area (Å²) in [5, 5.41) is 7.43. The number of amides is 1. The number of para-hydroxylation sites is 2. The van der Waals surface area contributed by atoms with E-state index in [-0.39, 0.29) is 12.5 Å². The highest BCUT2D eigenvalue weighted by Gasteiger charge is 2.23. The Morgan fingerprint density at radius 1 is 1.18 bits per heavy atom. The normalized spacial score (nSPS) is 10.8. The number of nitrogens with zero attached hydrogens (tertiary/aromatic N) is 2. The fourth-order valence-corrected chi connectivity index (χ4v) is 3.31. The van der Waals surface area contributed by atoms with Gasteiger partial charge >= 0.3 is 5.97 Å². The number of ether oxygens (including phenoxy) is 1. The number of carbonyl (C=O) groups is 2. The zero-order valence-corrected chi connectivity index (χ0v) is 16.7. The first-order valence-electron chi connectivity index (χ1n) is 9.13. The molecule has 0 fully saturated rings. The van der Waals surface area contributed by atoms with Crippen molar-refractivity contribution in [3.63, 3.8) is 0 Å². The second-order valence-corrected chi connectivity index (χ2v) is 6.66. The number of rotatable bonds is 5. The third-order valence-electron chi connectivity index (χ3n) is 4.53. The van der Waals surface area contributed by atoms with Crippen LogP contribution < -0.4 is 5.32 Å². The van der Waals surface area contributed by atoms with Crippen molar-refractivity contribution in [2.75, 3.05) is 11.9 Å². The molecule has 0 saturated heterocycles. The number of benzene rings is 1. The molecule has 0 atom stereocenters. The van der Waals surface area contributed by atoms with Crippen molar-refractivity contribution in [1.82, 2.24) is 14.8 Å². The van der Waals surface area contributed by atoms with Gasteiger partial charge in [0.05, 0.1) is 29.2 Å². The van der Waals surface area contributed by atoms with Crippen molar-refractivity contribution in [2.45, 2.75) is 34.6 Å². The molecule has 1 amide bonds. The number of aromatic amines is 1. The van der Waals surface area contributed by atoms with E-state index >= 15 is 0 Å². The molecule has 28 heavy (non-hydrogen) atoms. The van der Waals surface area contributed by atoms with Crippen LogP contribution >= 0.6 is 0 Å². The van der Waals surface area contributed by atoms with Gasteiger partial charge in [0.25, 0.3) is 5.91 Å². The van der Waals surface area contributed by atoms with E-state index in [1.54, 1.807) is 25.5 Å². The minimum absolute atomic E-state index is 0.278. The first-order chi connectivity index (χ1) is 13.3. The Balaban J connectivity index is 1.94. The molecule has 3 rings (SSSR count). The maximum absolute atomic E-state index is 12.9. The molecule has 146 valence electrons. The number of aromatic nitrogens is 3. The molecule has 3 aromatic rings. The summed E-state index contributed by atoms with van der Waals surface area (Å²) in [4.78, 5) is 28.1. The largest absolute Gasteiger partial charge is 0.462 e. The highest BCUT2D eigenvalue weighted by Crippen LogP contribution is 2.24. The van der Waals surface area contributed by atoms with Crippen LogP contribution in [0.1, 0.15) is 50.4 Å². The Kier molecular flexibility index (Phi) is 5.35. The number of anilines is 1. The average molecular weight is 380 g/mol. The van der Waals surface area contributed by atoms with Crippen LogP contribution in [0.15, 0.2) is 30.3 Å². The van der Waals surface area contributed by atoms with Crippen molar-refractivity contribution in [2.24, 2.45) is 0 Å². The summed E-state index contributed by atoms with van der Waals surface area (Å²) in [5.41, 5.74) is 5.17. The summed E-state index contributed by atoms with van der Waals surface area (Å²) in [7, 11) is 0. The first-order valence-corrected chi connectivity index (χ1v) is 9.13. The fourth-order valence-electron chi connectivity index (χ4n) is 3.31. The molecule has 2 heterocycles. The van der Waals surface area contributed by atoms with E-state index in [2.05, 4.69) is 15.4 Å². The van der Waals surface area contributed by atoms with Gasteiger partial charge in [-0.25, -0.2) is 9.48 Å². The van der Waals surface area contributed by atoms with E-state index in [4.69, 9.17) is 4.74 Å². The van der Waals surface area contributed by atoms with Crippen LogP contribution in [-0.4, -0.2) is 33.2 Å². The molecule has 7 nitrogen and oxygen atoms in total. The maximum Gasteiger partial charge on any atom is 0.340 e. The van der Waals surface area contributed by atoms with Crippen molar-refractivity contribution in [3.8, 4) is 5.69 Å². The Morgan fingerprint density at radius 3 is 2.54 bits per heavy atom. The first kappa shape index (κ1) is 19.4. The van der Waals surface area contributed by atoms with Crippen LogP contribution in [0.5, 0.6) is 0 Å². The third kappa shape index (κ3) is 3.55. The number of hydrogen-bond donors (Lipinski definition) is 2. The number of esters is 1. The monoisotopic (exact) mass is 380 g/mol. The van der Waals surface area contributed by atoms with Gasteiger partial charge in [0.2, 0.25) is 0 Å². The highest BCUT2D eigenvalue weighted by molar-refractivity contribution is 6.07. The SMILES string of the molecule is CCOC(=O)c1c(C)[nH]c(C(=O)Nc2ccccc2-n2nc(C)cc2C)c1C. The molecule has 0 aliphatic rings. The Morgan fingerprint density at radius 2 is 1.89 bits per heavy atom. The number of H-pyrrole nitrogens is 1. The lowest BCUT2D eigenvalue weighted by atomic mass is 10.1. The standard InChI is InChI=1S/C21H24N4O3/c1-6-28-21(27)18-14(4)19(22-15(18)5)20(26)23-16-9-7-8-10-17(16)25-13(3)11-12(2)24-25/h7-11,22H,6H2,1-5H3,(H,23,26). The molecular formula is C21H24N4O3. The quantitative estimate of drug-likeness (QED) is 0.658. The molecule has 0 spiro atoms. The van der Waals surface area contributed by atoms with Gasteiger partial charge in [-0.1, -0.05) is 12.1 Å². The van der Waals surface area contributed by atoms with Gasteiger partial charge in [-0.15, -0.1) is 0 Å². The molecular weight excluding hydrogens is 356 g/mol. The molecule has 0 saturated carbocycles. The van der Waals surface area contributed by atoms with E-state index in [1.165, 1.54) is 0 Å². The van der Waals surface area contributed by atoms with Crippen molar-refractivity contribution in [1.29, 1.82) is 0 Å². The molecule has 2 N–H and O–H groups in total. The van der Waals surface area contributed by atoms with Gasteiger partial charge in [0.1, 0.15) is 5.69 Å². The highest BCUT2D eigenvalue weighted by atomic mass is 16.5. The third-order valence-corrected chi connectivity index (χ3v) is 4.53. The lowest BCUT2D eigenvalue weighted by Gasteiger charge is -2.12. The summed E-state index contributed by atoms with van der Waals surface area (Å²) in [6, 6.07) is 9.43. The van der Waals surface area contributed by atoms with Crippen molar-refractivity contribution >= 4 is 17.6 Å². The van der Waals surface area contributed by atoms with Crippen LogP contribution in [0, 0.1) is 27.7 Å². The Hall–Kier alpha value is -3.35. The number of aryl methyl sites for hydroxylation is 3. The summed E-state index contributed by atoms with van der Waals surface area (Å²) < 4.78 is 6.88. The Labute approximate surface area is 163 Å². The van der Waals surface area contributed by atoms with Gasteiger partial charge in [0.15, 0.2) is 0 Å². The zero-order valence-electron chi connectivity index (χ0n) is 16.7. The van der Waals surface area contributed by atoms with E-state index in [0.29, 0.717) is 28.2 Å². The molecule has 0 bridgehead atoms. The van der Waals surface area contributed by atoms with Gasteiger partial charge in [-0.2, -0.15) is 5.10 Å². The van der Waals surface area contributed by atoms with E-state index in [1.807, 2.05) is 44.2 Å². The van der Waals surface area contributed by atoms with Crippen molar-refractivity contribution < 1.29 is 14.3 Å². The topological polar surface area (TPSA) is 89.0 Å². The molecule has 1 aromatic carbocycles. The average Bonchev–Trinajstić information content (AvgIpc) is 3.13. The predicted molar refractivity (Wildman–Crippen MR) is 107 cm³/mol. The van der Waals surface area contributed by atoms with E-state index in [0.717, 1.165) is 17.1 Å². The lowest BCUT2D eigenvalue weighted by molar-refractivity contribution is 0.0525. The maximum atomic E-state index is 12.9. The number of nitrogens with one attached hydrogen (secondary N) is 2. The second-order valence-electron chi connectivity index (χ2n) is 6.66. The number of carbonyl (C=O) groups excluding carboxylic acids is 2. The van der Waals surface area contributed by atoms with Crippen LogP contribution in [0.2, 0.25) is 0 Å². The van der Waals surface area contributed by atoms with E-state index < -0.39 is 5.97 Å². The zero-order chi connectivity index (χ0) is 20.4. The molecule has 0 radical (unpaired) electrons. The summed E-state index contributed by atoms with van der Waals surface area (Å²) >= 11 is 0. The molecule has 7 heteroatoms. The molecule has 0 aliphatic heterocycles. The molecule has 0 unspecified atom stereocenters. The van der Waals surface area contributed by atoms with Crippen LogP contribution in [0.25, 0.3) is 5.69 Å². The summed E-state index contributed by atoms with van der Waals surface area (Å²) in [6.07, 6.45) is 0. The summed E-state index contributed by atoms with van der Waals surface area (Å²) in [6.45, 7) is 9.39. The van der Waals surface area contributed by atoms with Gasteiger partial charge < -0.3 is 15.0 Å². The Bertz CT molecular complexity index is 1050. The van der Waals surface area contributed by atoms with Gasteiger partial charge in [0, 0.05) is 11.4 Å². The molecule has 2 aromatic heterocycles. The van der Waals surface area contributed by atoms with Crippen LogP contribution in [0.3, 0.4) is 0 Å². The predicted octanol–water partition coefficient (Wildman–Crippen LogP) is 3.86. The second kappa shape index (κ2) is 7.72. The van der Waals surface area contributed by atoms with Crippen LogP contribution in [-0.2, 0) is 4.74 Å². The summed E-state index contributed by atoms with van der Waals surface area (Å²) in [5.74, 6) is -0.763. The van der Waals surface area contributed by atoms with Gasteiger partial charge in [-0.3, -0.25) is 4.79 Å². The number of hydrogen-bond acceptors (Lipinski definition) is 4. The molecule has 0 aliphatic carbocycles. The van der Waals surface area contributed by atoms with Crippen LogP contribution in [0.4, 0.5) is 5.69 Å². The van der Waals surface area contributed by atoms with Gasteiger partial charge in [-0.05, 0) is 58.4 Å². The minimum Gasteiger partial charge on any atom is -0.462 e.